The first-order chi connectivity index (χ1) is 13.8. The molecule has 0 saturated carbocycles. The molecule has 1 aliphatic rings. The predicted octanol–water partition coefficient (Wildman–Crippen LogP) is 3.77. The van der Waals surface area contributed by atoms with Gasteiger partial charge < -0.3 is 14.6 Å². The summed E-state index contributed by atoms with van der Waals surface area (Å²) in [5, 5.41) is 7.02. The summed E-state index contributed by atoms with van der Waals surface area (Å²) in [6.45, 7) is 10.6. The minimum Gasteiger partial charge on any atom is -0.491 e. The Hall–Kier alpha value is -2.34. The fourth-order valence-corrected chi connectivity index (χ4v) is 4.03. The van der Waals surface area contributed by atoms with Gasteiger partial charge in [0.25, 0.3) is 0 Å². The van der Waals surface area contributed by atoms with E-state index in [0.717, 1.165) is 36.7 Å². The molecule has 6 heteroatoms. The molecule has 1 N–H and O–H groups in total. The minimum absolute atomic E-state index is 0.0689. The van der Waals surface area contributed by atoms with Crippen molar-refractivity contribution >= 4 is 5.91 Å². The van der Waals surface area contributed by atoms with Crippen molar-refractivity contribution in [2.24, 2.45) is 5.41 Å². The van der Waals surface area contributed by atoms with Gasteiger partial charge >= 0.3 is 0 Å². The highest BCUT2D eigenvalue weighted by Crippen LogP contribution is 2.36. The van der Waals surface area contributed by atoms with Gasteiger partial charge in [-0.15, -0.1) is 0 Å². The number of hydrogen-bond donors (Lipinski definition) is 1. The highest BCUT2D eigenvalue weighted by Gasteiger charge is 2.45. The lowest BCUT2D eigenvalue weighted by Crippen LogP contribution is -2.43. The fraction of sp³-hybridized carbons (Fsp3) is 0.565. The van der Waals surface area contributed by atoms with Crippen LogP contribution < -0.4 is 10.1 Å². The Morgan fingerprint density at radius 1 is 1.31 bits per heavy atom. The summed E-state index contributed by atoms with van der Waals surface area (Å²) < 4.78 is 11.4. The Kier molecular flexibility index (Phi) is 6.63. The average Bonchev–Trinajstić information content (AvgIpc) is 3.29. The zero-order valence-corrected chi connectivity index (χ0v) is 18.2. The van der Waals surface area contributed by atoms with Crippen LogP contribution in [0.15, 0.2) is 34.9 Å². The van der Waals surface area contributed by atoms with Crippen molar-refractivity contribution in [2.45, 2.75) is 59.1 Å². The number of nitrogens with zero attached hydrogens (tertiary/aromatic N) is 2. The molecule has 0 radical (unpaired) electrons. The number of nitrogens with one attached hydrogen (secondary N) is 1. The van der Waals surface area contributed by atoms with Crippen molar-refractivity contribution in [2.75, 3.05) is 20.1 Å². The number of ether oxygens (including phenoxy) is 1. The van der Waals surface area contributed by atoms with Gasteiger partial charge in [-0.3, -0.25) is 9.69 Å². The number of carbonyl (C=O) groups is 1. The van der Waals surface area contributed by atoms with Crippen molar-refractivity contribution in [1.29, 1.82) is 0 Å². The molecule has 3 rings (SSSR count). The number of likely N-dealkylation sites (tertiary alicyclic amines) is 1. The first kappa shape index (κ1) is 21.4. The zero-order chi connectivity index (χ0) is 21.0. The predicted molar refractivity (Wildman–Crippen MR) is 113 cm³/mol. The van der Waals surface area contributed by atoms with Gasteiger partial charge in [-0.05, 0) is 50.4 Å². The number of hydrogen-bond acceptors (Lipinski definition) is 5. The second-order valence-corrected chi connectivity index (χ2v) is 8.68. The zero-order valence-electron chi connectivity index (χ0n) is 18.2. The largest absolute Gasteiger partial charge is 0.491 e. The third kappa shape index (κ3) is 5.18. The van der Waals surface area contributed by atoms with Gasteiger partial charge in [0.05, 0.1) is 17.2 Å². The Morgan fingerprint density at radius 2 is 2.10 bits per heavy atom. The van der Waals surface area contributed by atoms with Gasteiger partial charge in [0, 0.05) is 32.6 Å². The number of carbonyl (C=O) groups excluding carboxylic acids is 1. The monoisotopic (exact) mass is 399 g/mol. The molecule has 1 aromatic heterocycles. The number of amides is 1. The molecule has 0 unspecified atom stereocenters. The lowest BCUT2D eigenvalue weighted by atomic mass is 9.81. The van der Waals surface area contributed by atoms with E-state index >= 15 is 0 Å². The van der Waals surface area contributed by atoms with Crippen molar-refractivity contribution in [3.63, 3.8) is 0 Å². The first-order valence-electron chi connectivity index (χ1n) is 10.5. The first-order valence-corrected chi connectivity index (χ1v) is 10.5. The molecule has 1 fully saturated rings. The van der Waals surface area contributed by atoms with Crippen LogP contribution in [0.25, 0.3) is 0 Å². The fourth-order valence-electron chi connectivity index (χ4n) is 4.03. The average molecular weight is 400 g/mol. The van der Waals surface area contributed by atoms with Crippen LogP contribution in [0.4, 0.5) is 0 Å². The summed E-state index contributed by atoms with van der Waals surface area (Å²) >= 11 is 0. The van der Waals surface area contributed by atoms with Gasteiger partial charge in [0.2, 0.25) is 5.91 Å². The van der Waals surface area contributed by atoms with Gasteiger partial charge in [-0.1, -0.05) is 31.1 Å². The Bertz CT molecular complexity index is 830. The molecule has 6 nitrogen and oxygen atoms in total. The van der Waals surface area contributed by atoms with Crippen LogP contribution in [0, 0.1) is 5.41 Å². The van der Waals surface area contributed by atoms with E-state index in [9.17, 15) is 4.79 Å². The second-order valence-electron chi connectivity index (χ2n) is 8.68. The maximum absolute atomic E-state index is 12.8. The summed E-state index contributed by atoms with van der Waals surface area (Å²) in [4.78, 5) is 15.2. The molecule has 1 aromatic carbocycles. The van der Waals surface area contributed by atoms with Crippen LogP contribution in [-0.4, -0.2) is 42.2 Å². The van der Waals surface area contributed by atoms with Gasteiger partial charge in [-0.25, -0.2) is 0 Å². The molecule has 2 heterocycles. The molecule has 0 spiro atoms. The number of benzene rings is 1. The molecule has 1 atom stereocenters. The van der Waals surface area contributed by atoms with Crippen LogP contribution >= 0.6 is 0 Å². The summed E-state index contributed by atoms with van der Waals surface area (Å²) in [5.74, 6) is 2.05. The van der Waals surface area contributed by atoms with Gasteiger partial charge in [0.1, 0.15) is 11.5 Å². The molecule has 1 saturated heterocycles. The van der Waals surface area contributed by atoms with Crippen LogP contribution in [0.1, 0.15) is 57.1 Å². The van der Waals surface area contributed by atoms with E-state index in [-0.39, 0.29) is 12.0 Å². The van der Waals surface area contributed by atoms with E-state index < -0.39 is 5.41 Å². The highest BCUT2D eigenvalue weighted by atomic mass is 16.5. The summed E-state index contributed by atoms with van der Waals surface area (Å²) in [5.41, 5.74) is 1.63. The van der Waals surface area contributed by atoms with Crippen molar-refractivity contribution < 1.29 is 14.1 Å². The van der Waals surface area contributed by atoms with E-state index in [2.05, 4.69) is 41.4 Å². The summed E-state index contributed by atoms with van der Waals surface area (Å²) in [6.07, 6.45) is 1.52. The topological polar surface area (TPSA) is 67.6 Å². The Labute approximate surface area is 173 Å². The molecular formula is C23H33N3O3. The van der Waals surface area contributed by atoms with Gasteiger partial charge in [0.15, 0.2) is 0 Å². The molecule has 1 amide bonds. The molecular weight excluding hydrogens is 366 g/mol. The van der Waals surface area contributed by atoms with Crippen LogP contribution in [0.2, 0.25) is 0 Å². The molecule has 1 aliphatic heterocycles. The van der Waals surface area contributed by atoms with E-state index in [1.165, 1.54) is 5.56 Å². The maximum atomic E-state index is 12.8. The van der Waals surface area contributed by atoms with Gasteiger partial charge in [-0.2, -0.15) is 0 Å². The third-order valence-corrected chi connectivity index (χ3v) is 5.50. The SMILES string of the molecule is CNC(=O)[C@]1(Cc2cc(C(C)C)no2)CCN(Cc2cccc(OC(C)C)c2)C1. The minimum atomic E-state index is -0.491. The Morgan fingerprint density at radius 3 is 2.76 bits per heavy atom. The normalized spacial score (nSPS) is 19.8. The standard InChI is InChI=1S/C23H33N3O3/c1-16(2)21-12-20(29-25-21)13-23(22(27)24-5)9-10-26(15-23)14-18-7-6-8-19(11-18)28-17(3)4/h6-8,11-12,16-17H,9-10,13-15H2,1-5H3,(H,24,27)/t23-/m0/s1. The lowest BCUT2D eigenvalue weighted by Gasteiger charge is -2.26. The van der Waals surface area contributed by atoms with Crippen molar-refractivity contribution in [3.05, 3.63) is 47.3 Å². The van der Waals surface area contributed by atoms with E-state index in [4.69, 9.17) is 9.26 Å². The number of rotatable bonds is 8. The summed E-state index contributed by atoms with van der Waals surface area (Å²) in [6, 6.07) is 10.2. The summed E-state index contributed by atoms with van der Waals surface area (Å²) in [7, 11) is 1.71. The maximum Gasteiger partial charge on any atom is 0.227 e. The smallest absolute Gasteiger partial charge is 0.227 e. The molecule has 158 valence electrons. The van der Waals surface area contributed by atoms with Crippen LogP contribution in [0.5, 0.6) is 5.75 Å². The van der Waals surface area contributed by atoms with Crippen LogP contribution in [-0.2, 0) is 17.8 Å². The molecule has 0 aliphatic carbocycles. The molecule has 2 aromatic rings. The van der Waals surface area contributed by atoms with Crippen molar-refractivity contribution in [3.8, 4) is 5.75 Å². The highest BCUT2D eigenvalue weighted by molar-refractivity contribution is 5.83. The Balaban J connectivity index is 1.72. The molecule has 29 heavy (non-hydrogen) atoms. The van der Waals surface area contributed by atoms with E-state index in [1.807, 2.05) is 32.0 Å². The quantitative estimate of drug-likeness (QED) is 0.732. The van der Waals surface area contributed by atoms with E-state index in [1.54, 1.807) is 7.05 Å². The third-order valence-electron chi connectivity index (χ3n) is 5.50. The number of aromatic nitrogens is 1. The molecule has 0 bridgehead atoms. The lowest BCUT2D eigenvalue weighted by molar-refractivity contribution is -0.130. The van der Waals surface area contributed by atoms with E-state index in [0.29, 0.717) is 18.9 Å². The second kappa shape index (κ2) is 8.99. The van der Waals surface area contributed by atoms with Crippen LogP contribution in [0.3, 0.4) is 0 Å². The van der Waals surface area contributed by atoms with Crippen molar-refractivity contribution in [1.82, 2.24) is 15.4 Å².